The third kappa shape index (κ3) is 3.69. The summed E-state index contributed by atoms with van der Waals surface area (Å²) in [6.45, 7) is 4.72. The number of likely N-dealkylation sites (tertiary alicyclic amines) is 2. The van der Waals surface area contributed by atoms with Crippen LogP contribution in [0, 0.1) is 18.8 Å². The minimum Gasteiger partial charge on any atom is -0.496 e. The standard InChI is InChI=1S/C23H28N2O3.ClH/c1-15-8-5-6-9-17(15)22-18-14-25(13-16(18)12-24(22)2)23(26)21-19(27-3)10-7-11-20(21)28-4;/h5-11,16,18,22H,12-14H2,1-4H3;1H/t16-,18+,22+;/m0./s1. The second-order valence-electron chi connectivity index (χ2n) is 7.91. The van der Waals surface area contributed by atoms with Crippen molar-refractivity contribution < 1.29 is 14.3 Å². The van der Waals surface area contributed by atoms with E-state index in [9.17, 15) is 4.79 Å². The molecule has 0 radical (unpaired) electrons. The minimum absolute atomic E-state index is 0. The highest BCUT2D eigenvalue weighted by atomic mass is 35.5. The number of hydrogen-bond acceptors (Lipinski definition) is 4. The molecule has 1 amide bonds. The van der Waals surface area contributed by atoms with Crippen molar-refractivity contribution in [1.29, 1.82) is 0 Å². The van der Waals surface area contributed by atoms with E-state index in [-0.39, 0.29) is 18.3 Å². The van der Waals surface area contributed by atoms with Gasteiger partial charge < -0.3 is 14.4 Å². The molecule has 2 aliphatic heterocycles. The molecule has 156 valence electrons. The van der Waals surface area contributed by atoms with Crippen molar-refractivity contribution in [2.24, 2.45) is 11.8 Å². The van der Waals surface area contributed by atoms with Gasteiger partial charge in [0.05, 0.1) is 14.2 Å². The molecule has 0 spiro atoms. The maximum atomic E-state index is 13.4. The van der Waals surface area contributed by atoms with Gasteiger partial charge in [0.1, 0.15) is 17.1 Å². The van der Waals surface area contributed by atoms with Crippen molar-refractivity contribution >= 4 is 18.3 Å². The fourth-order valence-corrected chi connectivity index (χ4v) is 5.03. The number of fused-ring (bicyclic) bond motifs is 1. The molecule has 3 atom stereocenters. The zero-order valence-electron chi connectivity index (χ0n) is 17.4. The zero-order valence-corrected chi connectivity index (χ0v) is 18.2. The lowest BCUT2D eigenvalue weighted by molar-refractivity contribution is 0.0761. The van der Waals surface area contributed by atoms with Gasteiger partial charge in [0.2, 0.25) is 0 Å². The molecule has 2 heterocycles. The molecule has 0 aliphatic carbocycles. The number of hydrogen-bond donors (Lipinski definition) is 0. The molecule has 0 unspecified atom stereocenters. The fraction of sp³-hybridized carbons (Fsp3) is 0.435. The first-order chi connectivity index (χ1) is 13.5. The van der Waals surface area contributed by atoms with E-state index in [1.165, 1.54) is 11.1 Å². The fourth-order valence-electron chi connectivity index (χ4n) is 5.03. The monoisotopic (exact) mass is 416 g/mol. The zero-order chi connectivity index (χ0) is 19.8. The van der Waals surface area contributed by atoms with E-state index in [4.69, 9.17) is 9.47 Å². The Bertz CT molecular complexity index is 866. The summed E-state index contributed by atoms with van der Waals surface area (Å²) >= 11 is 0. The number of rotatable bonds is 4. The molecule has 2 aromatic carbocycles. The van der Waals surface area contributed by atoms with Gasteiger partial charge in [-0.25, -0.2) is 0 Å². The molecule has 2 saturated heterocycles. The SMILES string of the molecule is COc1cccc(OC)c1C(=O)N1C[C@@H]2CN(C)[C@H](c3ccccc3C)[C@@H]2C1.Cl. The van der Waals surface area contributed by atoms with Gasteiger partial charge in [0.15, 0.2) is 0 Å². The van der Waals surface area contributed by atoms with Crippen LogP contribution >= 0.6 is 12.4 Å². The molecule has 29 heavy (non-hydrogen) atoms. The van der Waals surface area contributed by atoms with E-state index < -0.39 is 0 Å². The predicted octanol–water partition coefficient (Wildman–Crippen LogP) is 3.81. The van der Waals surface area contributed by atoms with Gasteiger partial charge in [-0.15, -0.1) is 12.4 Å². The molecule has 0 aromatic heterocycles. The normalized spacial score (nSPS) is 23.4. The van der Waals surface area contributed by atoms with Gasteiger partial charge in [0, 0.05) is 31.6 Å². The first-order valence-electron chi connectivity index (χ1n) is 9.81. The number of amides is 1. The smallest absolute Gasteiger partial charge is 0.261 e. The number of ether oxygens (including phenoxy) is 2. The number of benzene rings is 2. The van der Waals surface area contributed by atoms with Crippen LogP contribution in [0.25, 0.3) is 0 Å². The molecule has 2 aliphatic rings. The molecule has 2 aromatic rings. The van der Waals surface area contributed by atoms with Crippen molar-refractivity contribution in [2.45, 2.75) is 13.0 Å². The van der Waals surface area contributed by atoms with E-state index >= 15 is 0 Å². The van der Waals surface area contributed by atoms with E-state index in [2.05, 4.69) is 43.1 Å². The summed E-state index contributed by atoms with van der Waals surface area (Å²) < 4.78 is 10.9. The lowest BCUT2D eigenvalue weighted by Crippen LogP contribution is -2.34. The Morgan fingerprint density at radius 3 is 2.24 bits per heavy atom. The Kier molecular flexibility index (Phi) is 6.39. The molecule has 0 bridgehead atoms. The second-order valence-corrected chi connectivity index (χ2v) is 7.91. The summed E-state index contributed by atoms with van der Waals surface area (Å²) in [6.07, 6.45) is 0. The third-order valence-corrected chi connectivity index (χ3v) is 6.33. The Labute approximate surface area is 179 Å². The minimum atomic E-state index is -0.00473. The summed E-state index contributed by atoms with van der Waals surface area (Å²) in [5.74, 6) is 2.05. The van der Waals surface area contributed by atoms with Crippen LogP contribution in [-0.2, 0) is 0 Å². The number of nitrogens with zero attached hydrogens (tertiary/aromatic N) is 2. The summed E-state index contributed by atoms with van der Waals surface area (Å²) in [7, 11) is 5.38. The lowest BCUT2D eigenvalue weighted by atomic mass is 9.88. The molecule has 4 rings (SSSR count). The Morgan fingerprint density at radius 1 is 0.966 bits per heavy atom. The summed E-state index contributed by atoms with van der Waals surface area (Å²) in [6, 6.07) is 14.4. The van der Waals surface area contributed by atoms with Crippen molar-refractivity contribution in [2.75, 3.05) is 40.9 Å². The molecular weight excluding hydrogens is 388 g/mol. The van der Waals surface area contributed by atoms with Crippen LogP contribution in [0.4, 0.5) is 0 Å². The van der Waals surface area contributed by atoms with E-state index in [1.54, 1.807) is 14.2 Å². The van der Waals surface area contributed by atoms with Crippen molar-refractivity contribution in [3.8, 4) is 11.5 Å². The van der Waals surface area contributed by atoms with Gasteiger partial charge in [-0.1, -0.05) is 30.3 Å². The molecular formula is C23H29ClN2O3. The highest BCUT2D eigenvalue weighted by Gasteiger charge is 2.48. The van der Waals surface area contributed by atoms with E-state index in [0.29, 0.717) is 34.9 Å². The van der Waals surface area contributed by atoms with Gasteiger partial charge in [0.25, 0.3) is 5.91 Å². The number of aryl methyl sites for hydroxylation is 1. The molecule has 6 heteroatoms. The van der Waals surface area contributed by atoms with Gasteiger partial charge in [-0.2, -0.15) is 0 Å². The number of halogens is 1. The van der Waals surface area contributed by atoms with Crippen LogP contribution in [0.5, 0.6) is 11.5 Å². The third-order valence-electron chi connectivity index (χ3n) is 6.33. The maximum Gasteiger partial charge on any atom is 0.261 e. The van der Waals surface area contributed by atoms with Crippen LogP contribution in [0.1, 0.15) is 27.5 Å². The molecule has 0 N–H and O–H groups in total. The van der Waals surface area contributed by atoms with Crippen LogP contribution in [0.3, 0.4) is 0 Å². The topological polar surface area (TPSA) is 42.0 Å². The first kappa shape index (κ1) is 21.5. The number of carbonyl (C=O) groups excluding carboxylic acids is 1. The summed E-state index contributed by atoms with van der Waals surface area (Å²) in [5.41, 5.74) is 3.21. The quantitative estimate of drug-likeness (QED) is 0.760. The van der Waals surface area contributed by atoms with Gasteiger partial charge >= 0.3 is 0 Å². The van der Waals surface area contributed by atoms with Crippen molar-refractivity contribution in [3.05, 3.63) is 59.2 Å². The van der Waals surface area contributed by atoms with Gasteiger partial charge in [-0.3, -0.25) is 9.69 Å². The Morgan fingerprint density at radius 2 is 1.62 bits per heavy atom. The summed E-state index contributed by atoms with van der Waals surface area (Å²) in [4.78, 5) is 17.8. The number of carbonyl (C=O) groups is 1. The first-order valence-corrected chi connectivity index (χ1v) is 9.81. The second kappa shape index (κ2) is 8.64. The largest absolute Gasteiger partial charge is 0.496 e. The Hall–Kier alpha value is -2.24. The van der Waals surface area contributed by atoms with E-state index in [1.807, 2.05) is 23.1 Å². The molecule has 0 saturated carbocycles. The highest BCUT2D eigenvalue weighted by Crippen LogP contribution is 2.45. The summed E-state index contributed by atoms with van der Waals surface area (Å²) in [5, 5.41) is 0. The molecule has 5 nitrogen and oxygen atoms in total. The van der Waals surface area contributed by atoms with Crippen molar-refractivity contribution in [1.82, 2.24) is 9.80 Å². The van der Waals surface area contributed by atoms with Crippen LogP contribution in [0.2, 0.25) is 0 Å². The van der Waals surface area contributed by atoms with Crippen molar-refractivity contribution in [3.63, 3.8) is 0 Å². The maximum absolute atomic E-state index is 13.4. The Balaban J connectivity index is 0.00000240. The highest BCUT2D eigenvalue weighted by molar-refractivity contribution is 6.00. The van der Waals surface area contributed by atoms with Crippen LogP contribution < -0.4 is 9.47 Å². The average molecular weight is 417 g/mol. The molecule has 2 fully saturated rings. The van der Waals surface area contributed by atoms with Gasteiger partial charge in [-0.05, 0) is 43.1 Å². The number of methoxy groups -OCH3 is 2. The lowest BCUT2D eigenvalue weighted by Gasteiger charge is -2.28. The predicted molar refractivity (Wildman–Crippen MR) is 116 cm³/mol. The van der Waals surface area contributed by atoms with Crippen LogP contribution in [-0.4, -0.2) is 56.6 Å². The average Bonchev–Trinajstić information content (AvgIpc) is 3.24. The van der Waals surface area contributed by atoms with Crippen LogP contribution in [0.15, 0.2) is 42.5 Å². The van der Waals surface area contributed by atoms with E-state index in [0.717, 1.165) is 19.6 Å².